The van der Waals surface area contributed by atoms with Gasteiger partial charge < -0.3 is 9.47 Å². The van der Waals surface area contributed by atoms with Gasteiger partial charge in [0.1, 0.15) is 0 Å². The normalized spacial score (nSPS) is 15.2. The van der Waals surface area contributed by atoms with Gasteiger partial charge in [-0.05, 0) is 49.4 Å². The number of carbonyl (C=O) groups is 2. The number of fused-ring (bicyclic) bond motifs is 1. The number of nitrogens with zero attached hydrogens (tertiary/aromatic N) is 1. The summed E-state index contributed by atoms with van der Waals surface area (Å²) < 4.78 is 12.8. The molecule has 5 nitrogen and oxygen atoms in total. The first kappa shape index (κ1) is 21.8. The summed E-state index contributed by atoms with van der Waals surface area (Å²) in [6.45, 7) is 2.28. The van der Waals surface area contributed by atoms with Crippen molar-refractivity contribution in [3.8, 4) is 11.5 Å². The number of hydrogen-bond donors (Lipinski definition) is 0. The fourth-order valence-corrected chi connectivity index (χ4v) is 4.45. The molecule has 1 heterocycles. The zero-order valence-corrected chi connectivity index (χ0v) is 18.8. The standard InChI is InChI=1S/C27H28NO4/c1-18(29)24-17-28(16-19-7-5-4-6-8-19)12-11-21(24)13-22-10-9-20-14-25(31-2)26(32-3)15-23(20)27(22)30/h4-8,11-12,14-15,17,22H,9-10,13,16H2,1-3H3/q+1. The Morgan fingerprint density at radius 3 is 2.47 bits per heavy atom. The van der Waals surface area contributed by atoms with E-state index in [0.29, 0.717) is 35.6 Å². The molecule has 0 bridgehead atoms. The number of carbonyl (C=O) groups excluding carboxylic acids is 2. The van der Waals surface area contributed by atoms with Crippen LogP contribution in [-0.2, 0) is 19.4 Å². The number of aryl methyl sites for hydroxylation is 1. The van der Waals surface area contributed by atoms with Crippen LogP contribution in [0.15, 0.2) is 60.9 Å². The molecule has 5 heteroatoms. The lowest BCUT2D eigenvalue weighted by atomic mass is 9.79. The SMILES string of the molecule is COc1cc2c(cc1OC)C(=O)C(Cc1cc[n+](Cc3ccccc3)cc1C(C)=O)CC2. The first-order valence-electron chi connectivity index (χ1n) is 10.9. The second-order valence-corrected chi connectivity index (χ2v) is 8.27. The molecule has 1 aliphatic carbocycles. The van der Waals surface area contributed by atoms with Gasteiger partial charge in [0.2, 0.25) is 0 Å². The molecule has 0 fully saturated rings. The summed E-state index contributed by atoms with van der Waals surface area (Å²) in [5, 5.41) is 0. The summed E-state index contributed by atoms with van der Waals surface area (Å²) in [5.74, 6) is 1.15. The van der Waals surface area contributed by atoms with E-state index in [1.807, 2.05) is 47.3 Å². The number of pyridine rings is 1. The van der Waals surface area contributed by atoms with Gasteiger partial charge >= 0.3 is 0 Å². The predicted molar refractivity (Wildman–Crippen MR) is 122 cm³/mol. The third-order valence-electron chi connectivity index (χ3n) is 6.17. The van der Waals surface area contributed by atoms with Crippen LogP contribution in [0.2, 0.25) is 0 Å². The van der Waals surface area contributed by atoms with Crippen molar-refractivity contribution in [3.05, 3.63) is 88.7 Å². The Labute approximate surface area is 188 Å². The third kappa shape index (κ3) is 4.42. The summed E-state index contributed by atoms with van der Waals surface area (Å²) in [6.07, 6.45) is 5.98. The lowest BCUT2D eigenvalue weighted by molar-refractivity contribution is -0.688. The Kier molecular flexibility index (Phi) is 6.35. The Morgan fingerprint density at radius 1 is 1.06 bits per heavy atom. The monoisotopic (exact) mass is 430 g/mol. The number of rotatable bonds is 7. The topological polar surface area (TPSA) is 56.5 Å². The quantitative estimate of drug-likeness (QED) is 0.416. The van der Waals surface area contributed by atoms with Gasteiger partial charge in [0.15, 0.2) is 42.0 Å². The van der Waals surface area contributed by atoms with E-state index in [1.165, 1.54) is 5.56 Å². The van der Waals surface area contributed by atoms with Crippen molar-refractivity contribution in [2.24, 2.45) is 5.92 Å². The number of aromatic nitrogens is 1. The lowest BCUT2D eigenvalue weighted by Gasteiger charge is -2.25. The fraction of sp³-hybridized carbons (Fsp3) is 0.296. The first-order chi connectivity index (χ1) is 15.5. The highest BCUT2D eigenvalue weighted by Crippen LogP contribution is 2.36. The largest absolute Gasteiger partial charge is 0.493 e. The van der Waals surface area contributed by atoms with E-state index in [-0.39, 0.29) is 17.5 Å². The van der Waals surface area contributed by atoms with Crippen LogP contribution in [0.5, 0.6) is 11.5 Å². The molecule has 0 amide bonds. The van der Waals surface area contributed by atoms with Crippen LogP contribution in [0.4, 0.5) is 0 Å². The lowest BCUT2D eigenvalue weighted by Crippen LogP contribution is -2.35. The van der Waals surface area contributed by atoms with Crippen molar-refractivity contribution in [3.63, 3.8) is 0 Å². The van der Waals surface area contributed by atoms with Gasteiger partial charge in [-0.1, -0.05) is 30.3 Å². The molecule has 164 valence electrons. The van der Waals surface area contributed by atoms with Crippen molar-refractivity contribution in [1.82, 2.24) is 0 Å². The maximum Gasteiger partial charge on any atom is 0.180 e. The molecule has 1 unspecified atom stereocenters. The minimum atomic E-state index is -0.163. The summed E-state index contributed by atoms with van der Waals surface area (Å²) >= 11 is 0. The Balaban J connectivity index is 1.59. The zero-order chi connectivity index (χ0) is 22.7. The van der Waals surface area contributed by atoms with Crippen molar-refractivity contribution in [2.45, 2.75) is 32.7 Å². The molecule has 1 aliphatic rings. The van der Waals surface area contributed by atoms with E-state index in [4.69, 9.17) is 9.47 Å². The molecule has 32 heavy (non-hydrogen) atoms. The molecule has 0 aliphatic heterocycles. The smallest absolute Gasteiger partial charge is 0.180 e. The van der Waals surface area contributed by atoms with Gasteiger partial charge in [0.25, 0.3) is 0 Å². The summed E-state index contributed by atoms with van der Waals surface area (Å²) in [4.78, 5) is 25.7. The maximum atomic E-state index is 13.3. The number of hydrogen-bond acceptors (Lipinski definition) is 4. The number of Topliss-reactive ketones (excluding diaryl/α,β-unsaturated/α-hetero) is 2. The molecule has 0 N–H and O–H groups in total. The van der Waals surface area contributed by atoms with Gasteiger partial charge in [0.05, 0.1) is 19.8 Å². The van der Waals surface area contributed by atoms with Gasteiger partial charge in [-0.25, -0.2) is 4.57 Å². The van der Waals surface area contributed by atoms with Crippen LogP contribution in [0.1, 0.15) is 50.8 Å². The van der Waals surface area contributed by atoms with E-state index < -0.39 is 0 Å². The first-order valence-corrected chi connectivity index (χ1v) is 10.9. The van der Waals surface area contributed by atoms with Crippen LogP contribution in [-0.4, -0.2) is 25.8 Å². The minimum Gasteiger partial charge on any atom is -0.493 e. The van der Waals surface area contributed by atoms with Crippen LogP contribution < -0.4 is 14.0 Å². The van der Waals surface area contributed by atoms with Crippen LogP contribution >= 0.6 is 0 Å². The van der Waals surface area contributed by atoms with Gasteiger partial charge in [0, 0.05) is 23.1 Å². The van der Waals surface area contributed by atoms with Gasteiger partial charge in [-0.3, -0.25) is 9.59 Å². The molecule has 1 atom stereocenters. The molecular weight excluding hydrogens is 402 g/mol. The molecule has 0 saturated carbocycles. The van der Waals surface area contributed by atoms with E-state index in [0.717, 1.165) is 24.0 Å². The highest BCUT2D eigenvalue weighted by Gasteiger charge is 2.30. The van der Waals surface area contributed by atoms with E-state index in [2.05, 4.69) is 12.1 Å². The Hall–Kier alpha value is -3.47. The molecular formula is C27H28NO4+. The Morgan fingerprint density at radius 2 is 1.78 bits per heavy atom. The molecule has 0 radical (unpaired) electrons. The van der Waals surface area contributed by atoms with Gasteiger partial charge in [-0.15, -0.1) is 0 Å². The number of methoxy groups -OCH3 is 2. The zero-order valence-electron chi connectivity index (χ0n) is 18.8. The highest BCUT2D eigenvalue weighted by atomic mass is 16.5. The van der Waals surface area contributed by atoms with Crippen molar-refractivity contribution < 1.29 is 23.6 Å². The predicted octanol–water partition coefficient (Wildman–Crippen LogP) is 4.23. The second-order valence-electron chi connectivity index (χ2n) is 8.27. The van der Waals surface area contributed by atoms with Crippen LogP contribution in [0, 0.1) is 5.92 Å². The van der Waals surface area contributed by atoms with Crippen molar-refractivity contribution >= 4 is 11.6 Å². The molecule has 0 spiro atoms. The third-order valence-corrected chi connectivity index (χ3v) is 6.17. The molecule has 2 aromatic carbocycles. The molecule has 3 aromatic rings. The molecule has 0 saturated heterocycles. The minimum absolute atomic E-state index is 0.0116. The maximum absolute atomic E-state index is 13.3. The molecule has 1 aromatic heterocycles. The number of ether oxygens (including phenoxy) is 2. The van der Waals surface area contributed by atoms with E-state index in [1.54, 1.807) is 27.2 Å². The number of benzene rings is 2. The summed E-state index contributed by atoms with van der Waals surface area (Å²) in [7, 11) is 3.17. The fourth-order valence-electron chi connectivity index (χ4n) is 4.45. The van der Waals surface area contributed by atoms with Crippen molar-refractivity contribution in [1.29, 1.82) is 0 Å². The Bertz CT molecular complexity index is 1150. The van der Waals surface area contributed by atoms with Gasteiger partial charge in [-0.2, -0.15) is 0 Å². The average molecular weight is 431 g/mol. The average Bonchev–Trinajstić information content (AvgIpc) is 2.81. The van der Waals surface area contributed by atoms with Crippen LogP contribution in [0.25, 0.3) is 0 Å². The van der Waals surface area contributed by atoms with Crippen molar-refractivity contribution in [2.75, 3.05) is 14.2 Å². The second kappa shape index (κ2) is 9.35. The number of ketones is 2. The molecule has 4 rings (SSSR count). The van der Waals surface area contributed by atoms with E-state index in [9.17, 15) is 9.59 Å². The van der Waals surface area contributed by atoms with E-state index >= 15 is 0 Å². The highest BCUT2D eigenvalue weighted by molar-refractivity contribution is 6.01. The van der Waals surface area contributed by atoms with Crippen LogP contribution in [0.3, 0.4) is 0 Å². The summed E-state index contributed by atoms with van der Waals surface area (Å²) in [5.41, 5.74) is 4.45. The summed E-state index contributed by atoms with van der Waals surface area (Å²) in [6, 6.07) is 15.8.